The zero-order valence-corrected chi connectivity index (χ0v) is 13.2. The second-order valence-corrected chi connectivity index (χ2v) is 6.42. The van der Waals surface area contributed by atoms with Crippen LogP contribution in [-0.4, -0.2) is 59.1 Å². The first-order valence-electron chi connectivity index (χ1n) is 8.51. The third kappa shape index (κ3) is 4.08. The van der Waals surface area contributed by atoms with Gasteiger partial charge < -0.3 is 20.1 Å². The largest absolute Gasteiger partial charge is 0.341 e. The van der Waals surface area contributed by atoms with E-state index in [9.17, 15) is 4.79 Å². The van der Waals surface area contributed by atoms with Gasteiger partial charge in [0.25, 0.3) is 0 Å². The molecule has 2 aliphatic heterocycles. The van der Waals surface area contributed by atoms with Gasteiger partial charge in [0, 0.05) is 51.7 Å². The fraction of sp³-hybridized carbons (Fsp3) is 0.750. The summed E-state index contributed by atoms with van der Waals surface area (Å²) in [6.45, 7) is 5.52. The Bertz CT molecular complexity index is 447. The van der Waals surface area contributed by atoms with Crippen molar-refractivity contribution in [2.45, 2.75) is 38.3 Å². The number of likely N-dealkylation sites (tertiary alicyclic amines) is 1. The molecule has 2 N–H and O–H groups in total. The van der Waals surface area contributed by atoms with Gasteiger partial charge in [-0.15, -0.1) is 0 Å². The van der Waals surface area contributed by atoms with E-state index < -0.39 is 0 Å². The molecule has 6 nitrogen and oxygen atoms in total. The van der Waals surface area contributed by atoms with Crippen LogP contribution in [-0.2, 0) is 11.3 Å². The monoisotopic (exact) mass is 305 g/mol. The van der Waals surface area contributed by atoms with Gasteiger partial charge in [0.2, 0.25) is 5.91 Å². The van der Waals surface area contributed by atoms with Crippen LogP contribution in [0.4, 0.5) is 0 Å². The van der Waals surface area contributed by atoms with Gasteiger partial charge in [-0.25, -0.2) is 4.98 Å². The number of carbonyl (C=O) groups is 1. The minimum absolute atomic E-state index is 0.0217. The molecule has 3 heterocycles. The molecule has 2 fully saturated rings. The molecule has 0 aromatic carbocycles. The summed E-state index contributed by atoms with van der Waals surface area (Å²) in [5.41, 5.74) is 0. The van der Waals surface area contributed by atoms with E-state index in [0.717, 1.165) is 58.0 Å². The van der Waals surface area contributed by atoms with Crippen LogP contribution in [0.2, 0.25) is 0 Å². The molecule has 1 amide bonds. The van der Waals surface area contributed by atoms with Gasteiger partial charge in [-0.1, -0.05) is 0 Å². The molecule has 0 spiro atoms. The summed E-state index contributed by atoms with van der Waals surface area (Å²) in [4.78, 5) is 18.6. The van der Waals surface area contributed by atoms with E-state index >= 15 is 0 Å². The lowest BCUT2D eigenvalue weighted by atomic mass is 9.92. The van der Waals surface area contributed by atoms with Crippen molar-refractivity contribution in [3.8, 4) is 0 Å². The summed E-state index contributed by atoms with van der Waals surface area (Å²) in [5, 5.41) is 6.60. The number of piperidine rings is 1. The molecule has 0 radical (unpaired) electrons. The number of nitrogens with one attached hydrogen (secondary N) is 2. The quantitative estimate of drug-likeness (QED) is 0.830. The van der Waals surface area contributed by atoms with Crippen molar-refractivity contribution in [3.05, 3.63) is 18.7 Å². The van der Waals surface area contributed by atoms with E-state index in [4.69, 9.17) is 0 Å². The Morgan fingerprint density at radius 1 is 1.27 bits per heavy atom. The Balaban J connectivity index is 1.35. The van der Waals surface area contributed by atoms with Gasteiger partial charge in [-0.3, -0.25) is 4.79 Å². The predicted octanol–water partition coefficient (Wildman–Crippen LogP) is 0.463. The normalized spacial score (nSPS) is 23.6. The molecule has 1 aromatic rings. The van der Waals surface area contributed by atoms with E-state index in [-0.39, 0.29) is 11.9 Å². The second-order valence-electron chi connectivity index (χ2n) is 6.42. The van der Waals surface area contributed by atoms with E-state index in [1.165, 1.54) is 12.8 Å². The van der Waals surface area contributed by atoms with Crippen molar-refractivity contribution in [2.24, 2.45) is 5.92 Å². The van der Waals surface area contributed by atoms with Crippen molar-refractivity contribution in [1.29, 1.82) is 0 Å². The van der Waals surface area contributed by atoms with Crippen LogP contribution < -0.4 is 10.6 Å². The number of nitrogens with zero attached hydrogens (tertiary/aromatic N) is 3. The van der Waals surface area contributed by atoms with Crippen molar-refractivity contribution in [1.82, 2.24) is 25.1 Å². The predicted molar refractivity (Wildman–Crippen MR) is 85.4 cm³/mol. The van der Waals surface area contributed by atoms with Gasteiger partial charge in [0.1, 0.15) is 0 Å². The van der Waals surface area contributed by atoms with Gasteiger partial charge in [0.05, 0.1) is 12.4 Å². The SMILES string of the molecule is O=C([C@H]1CNCCN1)N1CCC(CCCn2ccnc2)CC1. The third-order valence-electron chi connectivity index (χ3n) is 4.85. The fourth-order valence-electron chi connectivity index (χ4n) is 3.47. The lowest BCUT2D eigenvalue weighted by Crippen LogP contribution is -2.57. The van der Waals surface area contributed by atoms with E-state index in [1.54, 1.807) is 0 Å². The summed E-state index contributed by atoms with van der Waals surface area (Å²) < 4.78 is 2.14. The maximum absolute atomic E-state index is 12.4. The Morgan fingerprint density at radius 2 is 2.14 bits per heavy atom. The molecular formula is C16H27N5O. The first-order valence-corrected chi connectivity index (χ1v) is 8.51. The summed E-state index contributed by atoms with van der Waals surface area (Å²) in [5.74, 6) is 1.05. The van der Waals surface area contributed by atoms with Crippen LogP contribution in [0.1, 0.15) is 25.7 Å². The maximum atomic E-state index is 12.4. The van der Waals surface area contributed by atoms with Crippen LogP contribution in [0.3, 0.4) is 0 Å². The molecule has 6 heteroatoms. The van der Waals surface area contributed by atoms with Crippen LogP contribution in [0.25, 0.3) is 0 Å². The highest BCUT2D eigenvalue weighted by atomic mass is 16.2. The zero-order valence-electron chi connectivity index (χ0n) is 13.2. The number of hydrogen-bond donors (Lipinski definition) is 2. The highest BCUT2D eigenvalue weighted by molar-refractivity contribution is 5.82. The lowest BCUT2D eigenvalue weighted by molar-refractivity contribution is -0.135. The minimum Gasteiger partial charge on any atom is -0.341 e. The Kier molecular flexibility index (Phi) is 5.45. The van der Waals surface area contributed by atoms with Crippen molar-refractivity contribution < 1.29 is 4.79 Å². The molecular weight excluding hydrogens is 278 g/mol. The standard InChI is InChI=1S/C16H27N5O/c22-16(15-12-17-5-6-19-15)21-9-3-14(4-10-21)2-1-8-20-11-7-18-13-20/h7,11,13-15,17,19H,1-6,8-10,12H2/t15-/m1/s1. The van der Waals surface area contributed by atoms with Gasteiger partial charge in [0.15, 0.2) is 0 Å². The van der Waals surface area contributed by atoms with E-state index in [0.29, 0.717) is 0 Å². The number of rotatable bonds is 5. The summed E-state index contributed by atoms with van der Waals surface area (Å²) in [6, 6.07) is -0.0217. The Labute approximate surface area is 132 Å². The van der Waals surface area contributed by atoms with Crippen LogP contribution in [0.15, 0.2) is 18.7 Å². The number of imidazole rings is 1. The number of piperazine rings is 1. The molecule has 2 aliphatic rings. The fourth-order valence-corrected chi connectivity index (χ4v) is 3.47. The second kappa shape index (κ2) is 7.74. The Morgan fingerprint density at radius 3 is 2.82 bits per heavy atom. The molecule has 0 bridgehead atoms. The molecule has 0 saturated carbocycles. The molecule has 1 aromatic heterocycles. The molecule has 1 atom stereocenters. The maximum Gasteiger partial charge on any atom is 0.241 e. The van der Waals surface area contributed by atoms with Crippen molar-refractivity contribution >= 4 is 5.91 Å². The lowest BCUT2D eigenvalue weighted by Gasteiger charge is -2.35. The number of aryl methyl sites for hydroxylation is 1. The van der Waals surface area contributed by atoms with Crippen molar-refractivity contribution in [3.63, 3.8) is 0 Å². The molecule has 0 aliphatic carbocycles. The molecule has 22 heavy (non-hydrogen) atoms. The molecule has 0 unspecified atom stereocenters. The average Bonchev–Trinajstić information content (AvgIpc) is 3.09. The molecule has 2 saturated heterocycles. The van der Waals surface area contributed by atoms with Crippen LogP contribution in [0, 0.1) is 5.92 Å². The first-order chi connectivity index (χ1) is 10.8. The average molecular weight is 305 g/mol. The number of hydrogen-bond acceptors (Lipinski definition) is 4. The topological polar surface area (TPSA) is 62.2 Å². The van der Waals surface area contributed by atoms with Gasteiger partial charge >= 0.3 is 0 Å². The first kappa shape index (κ1) is 15.5. The molecule has 122 valence electrons. The summed E-state index contributed by atoms with van der Waals surface area (Å²) >= 11 is 0. The minimum atomic E-state index is -0.0217. The number of carbonyl (C=O) groups excluding carboxylic acids is 1. The van der Waals surface area contributed by atoms with E-state index in [2.05, 4.69) is 25.1 Å². The third-order valence-corrected chi connectivity index (χ3v) is 4.85. The van der Waals surface area contributed by atoms with Crippen molar-refractivity contribution in [2.75, 3.05) is 32.7 Å². The van der Waals surface area contributed by atoms with Crippen LogP contribution >= 0.6 is 0 Å². The van der Waals surface area contributed by atoms with Gasteiger partial charge in [-0.05, 0) is 31.6 Å². The number of aromatic nitrogens is 2. The van der Waals surface area contributed by atoms with Crippen LogP contribution in [0.5, 0.6) is 0 Å². The summed E-state index contributed by atoms with van der Waals surface area (Å²) in [7, 11) is 0. The Hall–Kier alpha value is -1.40. The number of amides is 1. The molecule has 3 rings (SSSR count). The smallest absolute Gasteiger partial charge is 0.241 e. The highest BCUT2D eigenvalue weighted by Gasteiger charge is 2.28. The van der Waals surface area contributed by atoms with Gasteiger partial charge in [-0.2, -0.15) is 0 Å². The van der Waals surface area contributed by atoms with E-state index in [1.807, 2.05) is 18.7 Å². The highest BCUT2D eigenvalue weighted by Crippen LogP contribution is 2.22. The summed E-state index contributed by atoms with van der Waals surface area (Å²) in [6.07, 6.45) is 10.5. The zero-order chi connectivity index (χ0) is 15.2.